The fraction of sp³-hybridized carbons (Fsp3) is 0.529. The number of piperazine rings is 1. The molecule has 0 spiro atoms. The third-order valence-electron chi connectivity index (χ3n) is 4.24. The Kier molecular flexibility index (Phi) is 6.90. The van der Waals surface area contributed by atoms with Crippen molar-refractivity contribution in [1.29, 1.82) is 0 Å². The van der Waals surface area contributed by atoms with Crippen molar-refractivity contribution in [3.8, 4) is 0 Å². The predicted octanol–water partition coefficient (Wildman–Crippen LogP) is 2.62. The van der Waals surface area contributed by atoms with Crippen molar-refractivity contribution < 1.29 is 9.59 Å². The summed E-state index contributed by atoms with van der Waals surface area (Å²) >= 11 is 11.9. The highest BCUT2D eigenvalue weighted by atomic mass is 35.5. The maximum atomic E-state index is 12.5. The minimum atomic E-state index is -0.0749. The standard InChI is InChI=1S/C17H23Cl2N3O2/c1-3-21(4-2)16(23)12-20-5-7-22(8-6-20)17(24)13-9-14(18)11-15(19)10-13/h9-11H,3-8,12H2,1-2H3. The number of hydrogen-bond donors (Lipinski definition) is 0. The molecule has 1 saturated heterocycles. The van der Waals surface area contributed by atoms with Gasteiger partial charge in [-0.05, 0) is 32.0 Å². The zero-order valence-corrected chi connectivity index (χ0v) is 15.6. The van der Waals surface area contributed by atoms with Crippen LogP contribution in [0.15, 0.2) is 18.2 Å². The molecule has 7 heteroatoms. The van der Waals surface area contributed by atoms with E-state index < -0.39 is 0 Å². The van der Waals surface area contributed by atoms with Crippen molar-refractivity contribution >= 4 is 35.0 Å². The van der Waals surface area contributed by atoms with Gasteiger partial charge in [0.05, 0.1) is 6.54 Å². The van der Waals surface area contributed by atoms with E-state index in [-0.39, 0.29) is 11.8 Å². The molecule has 0 radical (unpaired) electrons. The molecule has 1 fully saturated rings. The van der Waals surface area contributed by atoms with E-state index >= 15 is 0 Å². The number of nitrogens with zero attached hydrogens (tertiary/aromatic N) is 3. The van der Waals surface area contributed by atoms with Crippen LogP contribution in [0.4, 0.5) is 0 Å². The molecule has 0 saturated carbocycles. The van der Waals surface area contributed by atoms with Crippen LogP contribution in [0.1, 0.15) is 24.2 Å². The van der Waals surface area contributed by atoms with E-state index in [1.54, 1.807) is 23.1 Å². The fourth-order valence-electron chi connectivity index (χ4n) is 2.84. The summed E-state index contributed by atoms with van der Waals surface area (Å²) in [5, 5.41) is 0.906. The summed E-state index contributed by atoms with van der Waals surface area (Å²) in [7, 11) is 0. The SMILES string of the molecule is CCN(CC)C(=O)CN1CCN(C(=O)c2cc(Cl)cc(Cl)c2)CC1. The molecule has 1 heterocycles. The summed E-state index contributed by atoms with van der Waals surface area (Å²) in [6.07, 6.45) is 0. The highest BCUT2D eigenvalue weighted by molar-refractivity contribution is 6.35. The Morgan fingerprint density at radius 3 is 2.04 bits per heavy atom. The van der Waals surface area contributed by atoms with Gasteiger partial charge >= 0.3 is 0 Å². The summed E-state index contributed by atoms with van der Waals surface area (Å²) < 4.78 is 0. The minimum absolute atomic E-state index is 0.0749. The molecule has 1 aromatic rings. The van der Waals surface area contributed by atoms with Crippen LogP contribution in [0.2, 0.25) is 10.0 Å². The molecule has 1 aliphatic heterocycles. The quantitative estimate of drug-likeness (QED) is 0.798. The van der Waals surface area contributed by atoms with Crippen LogP contribution in [0.5, 0.6) is 0 Å². The van der Waals surface area contributed by atoms with Gasteiger partial charge in [0.2, 0.25) is 5.91 Å². The zero-order valence-electron chi connectivity index (χ0n) is 14.1. The van der Waals surface area contributed by atoms with Crippen LogP contribution in [0.25, 0.3) is 0 Å². The number of rotatable bonds is 5. The number of benzene rings is 1. The molecule has 0 unspecified atom stereocenters. The first kappa shape index (κ1) is 19.0. The van der Waals surface area contributed by atoms with Gasteiger partial charge in [0.25, 0.3) is 5.91 Å². The highest BCUT2D eigenvalue weighted by Gasteiger charge is 2.24. The van der Waals surface area contributed by atoms with E-state index in [1.165, 1.54) is 0 Å². The molecule has 0 aliphatic carbocycles. The second-order valence-corrected chi connectivity index (χ2v) is 6.67. The molecular formula is C17H23Cl2N3O2. The Morgan fingerprint density at radius 1 is 1.00 bits per heavy atom. The van der Waals surface area contributed by atoms with Gasteiger partial charge < -0.3 is 9.80 Å². The van der Waals surface area contributed by atoms with Gasteiger partial charge in [-0.1, -0.05) is 23.2 Å². The van der Waals surface area contributed by atoms with Crippen LogP contribution in [0, 0.1) is 0 Å². The maximum absolute atomic E-state index is 12.5. The second-order valence-electron chi connectivity index (χ2n) is 5.79. The smallest absolute Gasteiger partial charge is 0.254 e. The number of hydrogen-bond acceptors (Lipinski definition) is 3. The van der Waals surface area contributed by atoms with Gasteiger partial charge in [0, 0.05) is 54.9 Å². The van der Waals surface area contributed by atoms with E-state index in [9.17, 15) is 9.59 Å². The summed E-state index contributed by atoms with van der Waals surface area (Å²) in [4.78, 5) is 30.4. The zero-order chi connectivity index (χ0) is 17.7. The van der Waals surface area contributed by atoms with Crippen LogP contribution < -0.4 is 0 Å². The first-order chi connectivity index (χ1) is 11.4. The number of likely N-dealkylation sites (N-methyl/N-ethyl adjacent to an activating group) is 1. The molecule has 24 heavy (non-hydrogen) atoms. The molecule has 1 aliphatic rings. The van der Waals surface area contributed by atoms with Crippen molar-refractivity contribution in [2.45, 2.75) is 13.8 Å². The van der Waals surface area contributed by atoms with E-state index in [0.717, 1.165) is 13.1 Å². The first-order valence-electron chi connectivity index (χ1n) is 8.20. The van der Waals surface area contributed by atoms with Crippen molar-refractivity contribution in [3.63, 3.8) is 0 Å². The average Bonchev–Trinajstić information content (AvgIpc) is 2.55. The molecular weight excluding hydrogens is 349 g/mol. The summed E-state index contributed by atoms with van der Waals surface area (Å²) in [5.74, 6) is 0.0653. The Hall–Kier alpha value is -1.30. The number of halogens is 2. The Labute approximate surface area is 153 Å². The molecule has 0 aromatic heterocycles. The summed E-state index contributed by atoms with van der Waals surface area (Å²) in [5.41, 5.74) is 0.500. The Balaban J connectivity index is 1.90. The van der Waals surface area contributed by atoms with E-state index in [1.807, 2.05) is 18.7 Å². The van der Waals surface area contributed by atoms with Gasteiger partial charge in [-0.25, -0.2) is 0 Å². The van der Waals surface area contributed by atoms with Crippen molar-refractivity contribution in [3.05, 3.63) is 33.8 Å². The molecule has 132 valence electrons. The molecule has 0 bridgehead atoms. The average molecular weight is 372 g/mol. The Morgan fingerprint density at radius 2 is 1.54 bits per heavy atom. The van der Waals surface area contributed by atoms with Crippen molar-refractivity contribution in [2.24, 2.45) is 0 Å². The Bertz CT molecular complexity index is 577. The van der Waals surface area contributed by atoms with Gasteiger partial charge in [0.1, 0.15) is 0 Å². The largest absolute Gasteiger partial charge is 0.342 e. The lowest BCUT2D eigenvalue weighted by molar-refractivity contribution is -0.132. The van der Waals surface area contributed by atoms with E-state index in [0.29, 0.717) is 48.3 Å². The lowest BCUT2D eigenvalue weighted by atomic mass is 10.2. The lowest BCUT2D eigenvalue weighted by Gasteiger charge is -2.35. The molecule has 2 amide bonds. The van der Waals surface area contributed by atoms with E-state index in [4.69, 9.17) is 23.2 Å². The maximum Gasteiger partial charge on any atom is 0.254 e. The highest BCUT2D eigenvalue weighted by Crippen LogP contribution is 2.20. The summed E-state index contributed by atoms with van der Waals surface area (Å²) in [6, 6.07) is 4.87. The molecule has 5 nitrogen and oxygen atoms in total. The lowest BCUT2D eigenvalue weighted by Crippen LogP contribution is -2.51. The van der Waals surface area contributed by atoms with Crippen molar-refractivity contribution in [1.82, 2.24) is 14.7 Å². The number of amides is 2. The number of carbonyl (C=O) groups excluding carboxylic acids is 2. The van der Waals surface area contributed by atoms with Gasteiger partial charge in [0.15, 0.2) is 0 Å². The molecule has 0 atom stereocenters. The third kappa shape index (κ3) is 4.85. The normalized spacial score (nSPS) is 15.4. The summed E-state index contributed by atoms with van der Waals surface area (Å²) in [6.45, 7) is 8.38. The molecule has 0 N–H and O–H groups in total. The second kappa shape index (κ2) is 8.70. The monoisotopic (exact) mass is 371 g/mol. The molecule has 2 rings (SSSR count). The van der Waals surface area contributed by atoms with Crippen LogP contribution in [-0.2, 0) is 4.79 Å². The van der Waals surface area contributed by atoms with Gasteiger partial charge in [-0.2, -0.15) is 0 Å². The first-order valence-corrected chi connectivity index (χ1v) is 8.95. The van der Waals surface area contributed by atoms with Gasteiger partial charge in [-0.15, -0.1) is 0 Å². The third-order valence-corrected chi connectivity index (χ3v) is 4.68. The van der Waals surface area contributed by atoms with Crippen LogP contribution >= 0.6 is 23.2 Å². The molecule has 1 aromatic carbocycles. The van der Waals surface area contributed by atoms with Crippen LogP contribution in [0.3, 0.4) is 0 Å². The topological polar surface area (TPSA) is 43.9 Å². The van der Waals surface area contributed by atoms with Crippen molar-refractivity contribution in [2.75, 3.05) is 45.8 Å². The number of carbonyl (C=O) groups is 2. The predicted molar refractivity (Wildman–Crippen MR) is 96.7 cm³/mol. The van der Waals surface area contributed by atoms with Crippen LogP contribution in [-0.4, -0.2) is 72.3 Å². The van der Waals surface area contributed by atoms with Gasteiger partial charge in [-0.3, -0.25) is 14.5 Å². The fourth-order valence-corrected chi connectivity index (χ4v) is 3.36. The van der Waals surface area contributed by atoms with E-state index in [2.05, 4.69) is 4.90 Å². The minimum Gasteiger partial charge on any atom is -0.342 e.